The molecule has 1 aliphatic rings. The molecule has 1 aromatic heterocycles. The van der Waals surface area contributed by atoms with E-state index < -0.39 is 11.4 Å². The molecule has 4 heteroatoms. The van der Waals surface area contributed by atoms with Gasteiger partial charge in [-0.3, -0.25) is 4.79 Å². The van der Waals surface area contributed by atoms with Crippen LogP contribution in [0.3, 0.4) is 0 Å². The standard InChI is InChI=1S/C12H16O4/c1-8-10(4-7-16-8)12(11(14)15)5-2-9(13)3-6-12/h4,7,9,13H,2-3,5-6H2,1H3,(H,14,15). The Hall–Kier alpha value is -1.29. The summed E-state index contributed by atoms with van der Waals surface area (Å²) in [6.45, 7) is 1.78. The van der Waals surface area contributed by atoms with Crippen molar-refractivity contribution in [2.45, 2.75) is 44.1 Å². The van der Waals surface area contributed by atoms with Crippen LogP contribution in [-0.4, -0.2) is 22.3 Å². The van der Waals surface area contributed by atoms with Crippen molar-refractivity contribution in [2.24, 2.45) is 0 Å². The van der Waals surface area contributed by atoms with Gasteiger partial charge in [-0.2, -0.15) is 0 Å². The van der Waals surface area contributed by atoms with Gasteiger partial charge < -0.3 is 14.6 Å². The second kappa shape index (κ2) is 3.94. The fourth-order valence-corrected chi connectivity index (χ4v) is 2.58. The van der Waals surface area contributed by atoms with E-state index in [0.29, 0.717) is 31.4 Å². The summed E-state index contributed by atoms with van der Waals surface area (Å²) in [7, 11) is 0. The van der Waals surface area contributed by atoms with Gasteiger partial charge in [0.2, 0.25) is 0 Å². The number of aryl methyl sites for hydroxylation is 1. The molecular formula is C12H16O4. The second-order valence-corrected chi connectivity index (χ2v) is 4.51. The average Bonchev–Trinajstić information content (AvgIpc) is 2.66. The molecule has 0 saturated heterocycles. The van der Waals surface area contributed by atoms with Crippen LogP contribution in [-0.2, 0) is 10.2 Å². The first-order chi connectivity index (χ1) is 7.56. The fourth-order valence-electron chi connectivity index (χ4n) is 2.58. The molecule has 2 N–H and O–H groups in total. The highest BCUT2D eigenvalue weighted by Gasteiger charge is 2.44. The number of aliphatic carboxylic acids is 1. The van der Waals surface area contributed by atoms with Crippen LogP contribution >= 0.6 is 0 Å². The maximum Gasteiger partial charge on any atom is 0.314 e. The molecule has 0 aliphatic heterocycles. The van der Waals surface area contributed by atoms with E-state index in [-0.39, 0.29) is 6.10 Å². The van der Waals surface area contributed by atoms with Crippen LogP contribution in [0.25, 0.3) is 0 Å². The number of rotatable bonds is 2. The van der Waals surface area contributed by atoms with Gasteiger partial charge in [0.05, 0.1) is 17.8 Å². The third kappa shape index (κ3) is 1.63. The van der Waals surface area contributed by atoms with Gasteiger partial charge in [-0.25, -0.2) is 0 Å². The van der Waals surface area contributed by atoms with E-state index in [4.69, 9.17) is 4.42 Å². The Morgan fingerprint density at radius 1 is 1.50 bits per heavy atom. The maximum atomic E-state index is 11.5. The predicted molar refractivity (Wildman–Crippen MR) is 57.2 cm³/mol. The topological polar surface area (TPSA) is 70.7 Å². The molecule has 1 aliphatic carbocycles. The van der Waals surface area contributed by atoms with Gasteiger partial charge in [-0.1, -0.05) is 0 Å². The molecule has 2 rings (SSSR count). The predicted octanol–water partition coefficient (Wildman–Crippen LogP) is 1.85. The van der Waals surface area contributed by atoms with Crippen molar-refractivity contribution in [2.75, 3.05) is 0 Å². The first-order valence-electron chi connectivity index (χ1n) is 5.52. The Morgan fingerprint density at radius 3 is 2.56 bits per heavy atom. The van der Waals surface area contributed by atoms with Gasteiger partial charge in [0.15, 0.2) is 0 Å². The summed E-state index contributed by atoms with van der Waals surface area (Å²) in [6, 6.07) is 1.74. The van der Waals surface area contributed by atoms with Gasteiger partial charge in [-0.15, -0.1) is 0 Å². The lowest BCUT2D eigenvalue weighted by Gasteiger charge is -2.35. The normalized spacial score (nSPS) is 30.2. The van der Waals surface area contributed by atoms with Crippen molar-refractivity contribution < 1.29 is 19.4 Å². The Morgan fingerprint density at radius 2 is 2.12 bits per heavy atom. The molecule has 1 fully saturated rings. The Labute approximate surface area is 93.9 Å². The van der Waals surface area contributed by atoms with Crippen molar-refractivity contribution in [3.63, 3.8) is 0 Å². The largest absolute Gasteiger partial charge is 0.481 e. The monoisotopic (exact) mass is 224 g/mol. The van der Waals surface area contributed by atoms with Crippen LogP contribution in [0, 0.1) is 6.92 Å². The molecule has 0 amide bonds. The van der Waals surface area contributed by atoms with E-state index in [9.17, 15) is 15.0 Å². The number of furan rings is 1. The molecule has 88 valence electrons. The third-order valence-corrected chi connectivity index (χ3v) is 3.59. The summed E-state index contributed by atoms with van der Waals surface area (Å²) in [5, 5.41) is 18.9. The van der Waals surface area contributed by atoms with Crippen molar-refractivity contribution in [3.05, 3.63) is 23.7 Å². The van der Waals surface area contributed by atoms with E-state index in [1.54, 1.807) is 13.0 Å². The quantitative estimate of drug-likeness (QED) is 0.804. The minimum atomic E-state index is -0.865. The molecule has 4 nitrogen and oxygen atoms in total. The van der Waals surface area contributed by atoms with Crippen LogP contribution in [0.5, 0.6) is 0 Å². The molecule has 0 unspecified atom stereocenters. The Kier molecular flexibility index (Phi) is 2.76. The molecule has 0 atom stereocenters. The zero-order chi connectivity index (χ0) is 11.8. The van der Waals surface area contributed by atoms with Gasteiger partial charge in [0.25, 0.3) is 0 Å². The van der Waals surface area contributed by atoms with E-state index in [2.05, 4.69) is 0 Å². The lowest BCUT2D eigenvalue weighted by atomic mass is 9.69. The van der Waals surface area contributed by atoms with Gasteiger partial charge >= 0.3 is 5.97 Å². The number of carbonyl (C=O) groups is 1. The van der Waals surface area contributed by atoms with Gasteiger partial charge in [0.1, 0.15) is 5.76 Å². The van der Waals surface area contributed by atoms with Gasteiger partial charge in [-0.05, 0) is 38.7 Å². The van der Waals surface area contributed by atoms with Crippen LogP contribution < -0.4 is 0 Å². The molecule has 1 saturated carbocycles. The first-order valence-corrected chi connectivity index (χ1v) is 5.52. The average molecular weight is 224 g/mol. The molecule has 1 aromatic rings. The zero-order valence-electron chi connectivity index (χ0n) is 9.27. The smallest absolute Gasteiger partial charge is 0.314 e. The summed E-state index contributed by atoms with van der Waals surface area (Å²) in [5.41, 5.74) is -0.108. The lowest BCUT2D eigenvalue weighted by Crippen LogP contribution is -2.41. The van der Waals surface area contributed by atoms with E-state index >= 15 is 0 Å². The van der Waals surface area contributed by atoms with Crippen molar-refractivity contribution >= 4 is 5.97 Å². The third-order valence-electron chi connectivity index (χ3n) is 3.59. The highest BCUT2D eigenvalue weighted by molar-refractivity contribution is 5.81. The van der Waals surface area contributed by atoms with Crippen LogP contribution in [0.4, 0.5) is 0 Å². The molecule has 1 heterocycles. The molecule has 0 aromatic carbocycles. The van der Waals surface area contributed by atoms with Crippen molar-refractivity contribution in [1.82, 2.24) is 0 Å². The highest BCUT2D eigenvalue weighted by Crippen LogP contribution is 2.41. The van der Waals surface area contributed by atoms with Crippen LogP contribution in [0.2, 0.25) is 0 Å². The number of carboxylic acids is 1. The number of hydrogen-bond acceptors (Lipinski definition) is 3. The summed E-state index contributed by atoms with van der Waals surface area (Å²) < 4.78 is 5.19. The minimum Gasteiger partial charge on any atom is -0.481 e. The molecule has 0 radical (unpaired) electrons. The fraction of sp³-hybridized carbons (Fsp3) is 0.583. The number of aliphatic hydroxyl groups is 1. The van der Waals surface area contributed by atoms with E-state index in [1.807, 2.05) is 0 Å². The van der Waals surface area contributed by atoms with Crippen LogP contribution in [0.1, 0.15) is 37.0 Å². The zero-order valence-corrected chi connectivity index (χ0v) is 9.27. The number of hydrogen-bond donors (Lipinski definition) is 2. The summed E-state index contributed by atoms with van der Waals surface area (Å²) >= 11 is 0. The summed E-state index contributed by atoms with van der Waals surface area (Å²) in [5.74, 6) is -0.150. The highest BCUT2D eigenvalue weighted by atomic mass is 16.4. The van der Waals surface area contributed by atoms with Crippen molar-refractivity contribution in [1.29, 1.82) is 0 Å². The molecule has 0 spiro atoms. The van der Waals surface area contributed by atoms with E-state index in [0.717, 1.165) is 5.56 Å². The number of carboxylic acid groups (broad SMARTS) is 1. The Bertz CT molecular complexity index is 385. The first kappa shape index (κ1) is 11.2. The summed E-state index contributed by atoms with van der Waals surface area (Å²) in [4.78, 5) is 11.5. The summed E-state index contributed by atoms with van der Waals surface area (Å²) in [6.07, 6.45) is 3.20. The molecular weight excluding hydrogens is 208 g/mol. The van der Waals surface area contributed by atoms with E-state index in [1.165, 1.54) is 6.26 Å². The minimum absolute atomic E-state index is 0.361. The molecule has 16 heavy (non-hydrogen) atoms. The van der Waals surface area contributed by atoms with Crippen molar-refractivity contribution in [3.8, 4) is 0 Å². The maximum absolute atomic E-state index is 11.5. The molecule has 0 bridgehead atoms. The second-order valence-electron chi connectivity index (χ2n) is 4.51. The van der Waals surface area contributed by atoms with Crippen LogP contribution in [0.15, 0.2) is 16.7 Å². The van der Waals surface area contributed by atoms with Gasteiger partial charge in [0, 0.05) is 5.56 Å². The number of aliphatic hydroxyl groups excluding tert-OH is 1. The SMILES string of the molecule is Cc1occc1C1(C(=O)O)CCC(O)CC1. The Balaban J connectivity index is 2.37. The lowest BCUT2D eigenvalue weighted by molar-refractivity contribution is -0.146.